The number of carbonyl (C=O) groups excluding carboxylic acids is 1. The largest absolute Gasteiger partial charge is 0.465 e. The van der Waals surface area contributed by atoms with Crippen molar-refractivity contribution in [2.24, 2.45) is 0 Å². The maximum absolute atomic E-state index is 11.6. The summed E-state index contributed by atoms with van der Waals surface area (Å²) in [4.78, 5) is 11.6. The number of thioether (sulfide) groups is 1. The molecule has 162 valence electrons. The van der Waals surface area contributed by atoms with E-state index in [0.29, 0.717) is 11.3 Å². The minimum absolute atomic E-state index is 0.337. The number of methoxy groups -OCH3 is 1. The van der Waals surface area contributed by atoms with Gasteiger partial charge in [0.25, 0.3) is 0 Å². The molecule has 0 aliphatic heterocycles. The van der Waals surface area contributed by atoms with Crippen LogP contribution in [0.3, 0.4) is 0 Å². The van der Waals surface area contributed by atoms with Crippen LogP contribution in [0.25, 0.3) is 11.4 Å². The van der Waals surface area contributed by atoms with Gasteiger partial charge in [0.2, 0.25) is 0 Å². The Balaban J connectivity index is 1.54. The lowest BCUT2D eigenvalue weighted by atomic mass is 10.1. The highest BCUT2D eigenvalue weighted by Crippen LogP contribution is 2.34. The third-order valence-corrected chi connectivity index (χ3v) is 5.91. The van der Waals surface area contributed by atoms with Gasteiger partial charge in [-0.2, -0.15) is 0 Å². The van der Waals surface area contributed by atoms with Crippen LogP contribution >= 0.6 is 11.8 Å². The van der Waals surface area contributed by atoms with Crippen molar-refractivity contribution in [1.29, 1.82) is 0 Å². The van der Waals surface area contributed by atoms with Gasteiger partial charge in [-0.25, -0.2) is 4.79 Å². The summed E-state index contributed by atoms with van der Waals surface area (Å²) >= 11 is 1.60. The lowest BCUT2D eigenvalue weighted by Crippen LogP contribution is -2.01. The maximum atomic E-state index is 11.6. The number of nitrogens with zero attached hydrogens (tertiary/aromatic N) is 3. The number of rotatable bonds is 8. The van der Waals surface area contributed by atoms with Gasteiger partial charge in [0.15, 0.2) is 11.0 Å². The molecule has 3 aromatic carbocycles. The summed E-state index contributed by atoms with van der Waals surface area (Å²) in [6, 6.07) is 24.9. The van der Waals surface area contributed by atoms with E-state index in [2.05, 4.69) is 21.7 Å². The second-order valence-electron chi connectivity index (χ2n) is 6.94. The number of para-hydroxylation sites is 2. The molecule has 0 aliphatic rings. The molecule has 0 atom stereocenters. The van der Waals surface area contributed by atoms with Crippen LogP contribution in [-0.2, 0) is 17.0 Å². The second kappa shape index (κ2) is 10.2. The van der Waals surface area contributed by atoms with Gasteiger partial charge in [-0.3, -0.25) is 0 Å². The van der Waals surface area contributed by atoms with Crippen LogP contribution in [-0.4, -0.2) is 27.8 Å². The smallest absolute Gasteiger partial charge is 0.337 e. The first-order valence-electron chi connectivity index (χ1n) is 10.2. The fraction of sp³-hybridized carbons (Fsp3) is 0.160. The van der Waals surface area contributed by atoms with Crippen LogP contribution in [0.1, 0.15) is 22.8 Å². The second-order valence-corrected chi connectivity index (χ2v) is 7.88. The highest BCUT2D eigenvalue weighted by Gasteiger charge is 2.17. The van der Waals surface area contributed by atoms with E-state index in [4.69, 9.17) is 9.47 Å². The molecule has 0 bridgehead atoms. The van der Waals surface area contributed by atoms with Gasteiger partial charge in [0.05, 0.1) is 18.2 Å². The quantitative estimate of drug-likeness (QED) is 0.251. The van der Waals surface area contributed by atoms with Gasteiger partial charge < -0.3 is 14.0 Å². The van der Waals surface area contributed by atoms with E-state index in [1.165, 1.54) is 7.11 Å². The van der Waals surface area contributed by atoms with E-state index in [9.17, 15) is 4.79 Å². The molecule has 32 heavy (non-hydrogen) atoms. The van der Waals surface area contributed by atoms with E-state index in [1.54, 1.807) is 23.9 Å². The van der Waals surface area contributed by atoms with E-state index < -0.39 is 0 Å². The Labute approximate surface area is 191 Å². The zero-order chi connectivity index (χ0) is 22.3. The first-order chi connectivity index (χ1) is 15.7. The van der Waals surface area contributed by atoms with E-state index >= 15 is 0 Å². The van der Waals surface area contributed by atoms with Gasteiger partial charge in [0.1, 0.15) is 11.5 Å². The third-order valence-electron chi connectivity index (χ3n) is 4.88. The minimum Gasteiger partial charge on any atom is -0.465 e. The summed E-state index contributed by atoms with van der Waals surface area (Å²) in [6.45, 7) is 2.80. The summed E-state index contributed by atoms with van der Waals surface area (Å²) in [7, 11) is 1.38. The van der Waals surface area contributed by atoms with Gasteiger partial charge in [-0.05, 0) is 48.9 Å². The molecule has 1 heterocycles. The molecule has 7 heteroatoms. The lowest BCUT2D eigenvalue weighted by Gasteiger charge is -2.12. The van der Waals surface area contributed by atoms with Crippen LogP contribution in [0.15, 0.2) is 84.0 Å². The molecule has 6 nitrogen and oxygen atoms in total. The predicted octanol–water partition coefficient (Wildman–Crippen LogP) is 5.84. The van der Waals surface area contributed by atoms with Crippen LogP contribution in [0.5, 0.6) is 11.5 Å². The van der Waals surface area contributed by atoms with Gasteiger partial charge in [-0.1, -0.05) is 54.2 Å². The Morgan fingerprint density at radius 2 is 1.66 bits per heavy atom. The van der Waals surface area contributed by atoms with E-state index in [-0.39, 0.29) is 5.97 Å². The zero-order valence-electron chi connectivity index (χ0n) is 17.9. The summed E-state index contributed by atoms with van der Waals surface area (Å²) in [5.74, 6) is 2.64. The molecule has 4 rings (SSSR count). The van der Waals surface area contributed by atoms with Crippen molar-refractivity contribution in [1.82, 2.24) is 14.8 Å². The monoisotopic (exact) mass is 445 g/mol. The fourth-order valence-electron chi connectivity index (χ4n) is 3.24. The average molecular weight is 446 g/mol. The Kier molecular flexibility index (Phi) is 6.87. The molecule has 0 saturated heterocycles. The van der Waals surface area contributed by atoms with Crippen molar-refractivity contribution < 1.29 is 14.3 Å². The molecule has 1 aromatic heterocycles. The maximum Gasteiger partial charge on any atom is 0.337 e. The fourth-order valence-corrected chi connectivity index (χ4v) is 4.20. The van der Waals surface area contributed by atoms with Crippen LogP contribution in [0.4, 0.5) is 0 Å². The van der Waals surface area contributed by atoms with Crippen molar-refractivity contribution in [3.8, 4) is 22.9 Å². The molecule has 0 amide bonds. The third kappa shape index (κ3) is 4.84. The number of aromatic nitrogens is 3. The molecular weight excluding hydrogens is 422 g/mol. The Morgan fingerprint density at radius 3 is 2.38 bits per heavy atom. The molecule has 4 aromatic rings. The summed E-state index contributed by atoms with van der Waals surface area (Å²) in [5, 5.41) is 9.73. The van der Waals surface area contributed by atoms with Crippen LogP contribution < -0.4 is 4.74 Å². The standard InChI is InChI=1S/C25H23N3O3S/c1-3-28-23(21-11-7-8-12-22(21)31-20-9-5-4-6-10-20)26-27-25(28)32-17-18-13-15-19(16-14-18)24(29)30-2/h4-16H,3,17H2,1-2H3. The molecule has 0 unspecified atom stereocenters. The molecule has 0 spiro atoms. The number of hydrogen-bond donors (Lipinski definition) is 0. The van der Waals surface area contributed by atoms with Crippen molar-refractivity contribution in [3.63, 3.8) is 0 Å². The van der Waals surface area contributed by atoms with Crippen molar-refractivity contribution in [2.75, 3.05) is 7.11 Å². The predicted molar refractivity (Wildman–Crippen MR) is 125 cm³/mol. The van der Waals surface area contributed by atoms with Crippen LogP contribution in [0.2, 0.25) is 0 Å². The normalized spacial score (nSPS) is 10.7. The molecule has 0 saturated carbocycles. The van der Waals surface area contributed by atoms with Gasteiger partial charge in [0, 0.05) is 12.3 Å². The topological polar surface area (TPSA) is 66.2 Å². The van der Waals surface area contributed by atoms with E-state index in [1.807, 2.05) is 66.7 Å². The highest BCUT2D eigenvalue weighted by atomic mass is 32.2. The molecule has 0 aliphatic carbocycles. The Hall–Kier alpha value is -3.58. The molecular formula is C25H23N3O3S. The first kappa shape index (κ1) is 21.6. The Morgan fingerprint density at radius 1 is 0.938 bits per heavy atom. The first-order valence-corrected chi connectivity index (χ1v) is 11.2. The Bertz CT molecular complexity index is 1190. The number of hydrogen-bond acceptors (Lipinski definition) is 6. The summed E-state index contributed by atoms with van der Waals surface area (Å²) in [6.07, 6.45) is 0. The number of carbonyl (C=O) groups is 1. The van der Waals surface area contributed by atoms with Crippen molar-refractivity contribution in [3.05, 3.63) is 90.0 Å². The average Bonchev–Trinajstić information content (AvgIpc) is 3.26. The van der Waals surface area contributed by atoms with Crippen molar-refractivity contribution >= 4 is 17.7 Å². The molecule has 0 fully saturated rings. The summed E-state index contributed by atoms with van der Waals surface area (Å²) in [5.41, 5.74) is 2.51. The van der Waals surface area contributed by atoms with E-state index in [0.717, 1.165) is 40.2 Å². The number of benzene rings is 3. The van der Waals surface area contributed by atoms with Crippen molar-refractivity contribution in [2.45, 2.75) is 24.4 Å². The number of esters is 1. The SMILES string of the molecule is CCn1c(SCc2ccc(C(=O)OC)cc2)nnc1-c1ccccc1Oc1ccccc1. The lowest BCUT2D eigenvalue weighted by molar-refractivity contribution is 0.0600. The van der Waals surface area contributed by atoms with Crippen LogP contribution in [0, 0.1) is 0 Å². The highest BCUT2D eigenvalue weighted by molar-refractivity contribution is 7.98. The molecule has 0 N–H and O–H groups in total. The van der Waals surface area contributed by atoms with Gasteiger partial charge >= 0.3 is 5.97 Å². The molecule has 0 radical (unpaired) electrons. The minimum atomic E-state index is -0.337. The summed E-state index contributed by atoms with van der Waals surface area (Å²) < 4.78 is 13.0. The number of ether oxygens (including phenoxy) is 2. The van der Waals surface area contributed by atoms with Gasteiger partial charge in [-0.15, -0.1) is 10.2 Å². The zero-order valence-corrected chi connectivity index (χ0v) is 18.7.